The van der Waals surface area contributed by atoms with Gasteiger partial charge < -0.3 is 5.32 Å². The fraction of sp³-hybridized carbons (Fsp3) is 0.267. The van der Waals surface area contributed by atoms with E-state index in [0.29, 0.717) is 5.02 Å². The molecule has 3 rings (SSSR count). The lowest BCUT2D eigenvalue weighted by Crippen LogP contribution is -2.07. The lowest BCUT2D eigenvalue weighted by molar-refractivity contribution is 0.982. The minimum Gasteiger partial charge on any atom is -0.368 e. The van der Waals surface area contributed by atoms with Gasteiger partial charge in [-0.15, -0.1) is 0 Å². The normalized spacial score (nSPS) is 11.0. The first-order valence-corrected chi connectivity index (χ1v) is 7.18. The zero-order chi connectivity index (χ0) is 14.8. The monoisotopic (exact) mass is 301 g/mol. The molecule has 0 aliphatic carbocycles. The van der Waals surface area contributed by atoms with Gasteiger partial charge >= 0.3 is 0 Å². The van der Waals surface area contributed by atoms with Crippen LogP contribution < -0.4 is 5.32 Å². The molecule has 2 aromatic heterocycles. The Morgan fingerprint density at radius 1 is 1.24 bits per heavy atom. The smallest absolute Gasteiger partial charge is 0.145 e. The number of nitrogens with zero attached hydrogens (tertiary/aromatic N) is 3. The Labute approximate surface area is 127 Å². The number of aryl methyl sites for hydroxylation is 2. The quantitative estimate of drug-likeness (QED) is 0.776. The average molecular weight is 302 g/mol. The third-order valence-electron chi connectivity index (χ3n) is 3.47. The lowest BCUT2D eigenvalue weighted by atomic mass is 10.1. The maximum atomic E-state index is 5.94. The van der Waals surface area contributed by atoms with E-state index in [1.54, 1.807) is 6.20 Å². The second kappa shape index (κ2) is 5.69. The summed E-state index contributed by atoms with van der Waals surface area (Å²) in [5, 5.41) is 11.2. The van der Waals surface area contributed by atoms with Crippen molar-refractivity contribution in [2.45, 2.75) is 20.3 Å². The molecule has 1 aromatic carbocycles. The van der Waals surface area contributed by atoms with E-state index in [2.05, 4.69) is 25.5 Å². The summed E-state index contributed by atoms with van der Waals surface area (Å²) in [6.07, 6.45) is 2.63. The van der Waals surface area contributed by atoms with Crippen LogP contribution in [0.5, 0.6) is 0 Å². The van der Waals surface area contributed by atoms with Crippen LogP contribution in [0, 0.1) is 13.8 Å². The molecule has 2 N–H and O–H groups in total. The summed E-state index contributed by atoms with van der Waals surface area (Å²) in [5.74, 6) is 0.767. The molecule has 6 heteroatoms. The van der Waals surface area contributed by atoms with Gasteiger partial charge in [-0.2, -0.15) is 5.10 Å². The van der Waals surface area contributed by atoms with Crippen LogP contribution in [0.2, 0.25) is 5.02 Å². The summed E-state index contributed by atoms with van der Waals surface area (Å²) < 4.78 is 0. The first kappa shape index (κ1) is 13.8. The molecule has 0 saturated carbocycles. The minimum atomic E-state index is 0.670. The molecule has 0 radical (unpaired) electrons. The van der Waals surface area contributed by atoms with E-state index >= 15 is 0 Å². The van der Waals surface area contributed by atoms with Crippen molar-refractivity contribution in [3.05, 3.63) is 46.4 Å². The molecular weight excluding hydrogens is 286 g/mol. The van der Waals surface area contributed by atoms with E-state index < -0.39 is 0 Å². The predicted octanol–water partition coefficient (Wildman–Crippen LogP) is 3.28. The number of H-pyrrole nitrogens is 1. The number of aromatic amines is 1. The van der Waals surface area contributed by atoms with Crippen LogP contribution in [0.25, 0.3) is 11.0 Å². The maximum Gasteiger partial charge on any atom is 0.145 e. The number of hydrogen-bond acceptors (Lipinski definition) is 4. The molecule has 0 aliphatic rings. The zero-order valence-electron chi connectivity index (χ0n) is 11.9. The molecule has 0 bridgehead atoms. The number of halogens is 1. The average Bonchev–Trinajstić information content (AvgIpc) is 2.79. The van der Waals surface area contributed by atoms with Gasteiger partial charge in [0.2, 0.25) is 0 Å². The Morgan fingerprint density at radius 3 is 2.86 bits per heavy atom. The van der Waals surface area contributed by atoms with Gasteiger partial charge in [0.1, 0.15) is 5.82 Å². The Kier molecular flexibility index (Phi) is 3.75. The SMILES string of the molecule is Cc1n[nH]c(C)c1CCNc1cnc2cc(Cl)ccc2n1. The summed E-state index contributed by atoms with van der Waals surface area (Å²) in [4.78, 5) is 8.89. The van der Waals surface area contributed by atoms with Crippen molar-refractivity contribution >= 4 is 28.5 Å². The van der Waals surface area contributed by atoms with Gasteiger partial charge in [0.05, 0.1) is 22.9 Å². The molecule has 21 heavy (non-hydrogen) atoms. The Bertz CT molecular complexity index is 761. The molecule has 0 saturated heterocycles. The predicted molar refractivity (Wildman–Crippen MR) is 84.8 cm³/mol. The Hall–Kier alpha value is -2.14. The zero-order valence-corrected chi connectivity index (χ0v) is 12.7. The maximum absolute atomic E-state index is 5.94. The molecule has 0 atom stereocenters. The van der Waals surface area contributed by atoms with Crippen LogP contribution in [0.15, 0.2) is 24.4 Å². The van der Waals surface area contributed by atoms with Crippen molar-refractivity contribution in [3.63, 3.8) is 0 Å². The molecule has 108 valence electrons. The number of anilines is 1. The van der Waals surface area contributed by atoms with Gasteiger partial charge in [-0.1, -0.05) is 11.6 Å². The molecule has 0 aliphatic heterocycles. The molecular formula is C15H16ClN5. The fourth-order valence-electron chi connectivity index (χ4n) is 2.33. The highest BCUT2D eigenvalue weighted by atomic mass is 35.5. The van der Waals surface area contributed by atoms with Crippen molar-refractivity contribution in [2.24, 2.45) is 0 Å². The summed E-state index contributed by atoms with van der Waals surface area (Å²) in [5.41, 5.74) is 5.06. The number of benzene rings is 1. The van der Waals surface area contributed by atoms with E-state index in [9.17, 15) is 0 Å². The van der Waals surface area contributed by atoms with Crippen LogP contribution in [0.4, 0.5) is 5.82 Å². The number of hydrogen-bond donors (Lipinski definition) is 2. The highest BCUT2D eigenvalue weighted by molar-refractivity contribution is 6.31. The topological polar surface area (TPSA) is 66.5 Å². The van der Waals surface area contributed by atoms with Gasteiger partial charge in [-0.05, 0) is 44.0 Å². The second-order valence-corrected chi connectivity index (χ2v) is 5.41. The summed E-state index contributed by atoms with van der Waals surface area (Å²) in [6.45, 7) is 4.84. The van der Waals surface area contributed by atoms with Crippen molar-refractivity contribution in [3.8, 4) is 0 Å². The van der Waals surface area contributed by atoms with Crippen molar-refractivity contribution < 1.29 is 0 Å². The van der Waals surface area contributed by atoms with Crippen LogP contribution in [-0.2, 0) is 6.42 Å². The standard InChI is InChI=1S/C15H16ClN5/c1-9-12(10(2)21-20-9)5-6-17-15-8-18-14-7-11(16)3-4-13(14)19-15/h3-4,7-8H,5-6H2,1-2H3,(H,17,19)(H,20,21). The van der Waals surface area contributed by atoms with E-state index in [4.69, 9.17) is 11.6 Å². The molecule has 0 spiro atoms. The molecule has 0 unspecified atom stereocenters. The van der Waals surface area contributed by atoms with E-state index in [1.165, 1.54) is 5.56 Å². The highest BCUT2D eigenvalue weighted by Crippen LogP contribution is 2.17. The third kappa shape index (κ3) is 2.97. The lowest BCUT2D eigenvalue weighted by Gasteiger charge is -2.06. The largest absolute Gasteiger partial charge is 0.368 e. The molecule has 2 heterocycles. The van der Waals surface area contributed by atoms with E-state index in [1.807, 2.05) is 32.0 Å². The van der Waals surface area contributed by atoms with Gasteiger partial charge in [-0.25, -0.2) is 4.98 Å². The summed E-state index contributed by atoms with van der Waals surface area (Å²) in [6, 6.07) is 5.51. The van der Waals surface area contributed by atoms with Crippen LogP contribution in [0.1, 0.15) is 17.0 Å². The second-order valence-electron chi connectivity index (χ2n) is 4.98. The summed E-state index contributed by atoms with van der Waals surface area (Å²) in [7, 11) is 0. The minimum absolute atomic E-state index is 0.670. The van der Waals surface area contributed by atoms with Crippen molar-refractivity contribution in [2.75, 3.05) is 11.9 Å². The fourth-order valence-corrected chi connectivity index (χ4v) is 2.49. The van der Waals surface area contributed by atoms with Crippen molar-refractivity contribution in [1.29, 1.82) is 0 Å². The number of aromatic nitrogens is 4. The molecule has 5 nitrogen and oxygen atoms in total. The van der Waals surface area contributed by atoms with Gasteiger partial charge in [0.15, 0.2) is 0 Å². The van der Waals surface area contributed by atoms with Gasteiger partial charge in [0, 0.05) is 17.3 Å². The van der Waals surface area contributed by atoms with E-state index in [0.717, 1.165) is 41.2 Å². The Balaban J connectivity index is 1.69. The molecule has 3 aromatic rings. The number of rotatable bonds is 4. The van der Waals surface area contributed by atoms with Gasteiger partial charge in [-0.3, -0.25) is 10.1 Å². The highest BCUT2D eigenvalue weighted by Gasteiger charge is 2.06. The number of nitrogens with one attached hydrogen (secondary N) is 2. The van der Waals surface area contributed by atoms with Crippen molar-refractivity contribution in [1.82, 2.24) is 20.2 Å². The summed E-state index contributed by atoms with van der Waals surface area (Å²) >= 11 is 5.94. The number of fused-ring (bicyclic) bond motifs is 1. The first-order chi connectivity index (χ1) is 10.1. The molecule has 0 amide bonds. The first-order valence-electron chi connectivity index (χ1n) is 6.80. The Morgan fingerprint density at radius 2 is 2.10 bits per heavy atom. The third-order valence-corrected chi connectivity index (χ3v) is 3.70. The van der Waals surface area contributed by atoms with Gasteiger partial charge in [0.25, 0.3) is 0 Å². The van der Waals surface area contributed by atoms with Crippen LogP contribution >= 0.6 is 11.6 Å². The molecule has 0 fully saturated rings. The van der Waals surface area contributed by atoms with E-state index in [-0.39, 0.29) is 0 Å². The van der Waals surface area contributed by atoms with Crippen LogP contribution in [0.3, 0.4) is 0 Å². The van der Waals surface area contributed by atoms with Crippen LogP contribution in [-0.4, -0.2) is 26.7 Å².